The van der Waals surface area contributed by atoms with Crippen LogP contribution in [-0.2, 0) is 4.79 Å². The van der Waals surface area contributed by atoms with Crippen molar-refractivity contribution in [3.8, 4) is 0 Å². The molecule has 2 heterocycles. The number of nitrogens with zero attached hydrogens (tertiary/aromatic N) is 3. The topological polar surface area (TPSA) is 75.8 Å². The van der Waals surface area contributed by atoms with Crippen LogP contribution in [0.3, 0.4) is 0 Å². The van der Waals surface area contributed by atoms with Gasteiger partial charge < -0.3 is 0 Å². The van der Waals surface area contributed by atoms with E-state index in [0.29, 0.717) is 11.6 Å². The molecule has 0 N–H and O–H groups in total. The lowest BCUT2D eigenvalue weighted by molar-refractivity contribution is -0.417. The van der Waals surface area contributed by atoms with Crippen LogP contribution < -0.4 is 0 Å². The predicted molar refractivity (Wildman–Crippen MR) is 93.6 cm³/mol. The molecule has 1 aromatic rings. The SMILES string of the molecule is CC1CN2C(=O)CSC2=C([N+](=O)[O-])C1=Nc1ccc(I)cc1F. The fourth-order valence-electron chi connectivity index (χ4n) is 2.52. The molecule has 1 unspecified atom stereocenters. The van der Waals surface area contributed by atoms with Crippen molar-refractivity contribution in [1.29, 1.82) is 0 Å². The summed E-state index contributed by atoms with van der Waals surface area (Å²) in [5.74, 6) is -0.831. The fraction of sp³-hybridized carbons (Fsp3) is 0.286. The fourth-order valence-corrected chi connectivity index (χ4v) is 4.04. The smallest absolute Gasteiger partial charge is 0.300 e. The lowest BCUT2D eigenvalue weighted by Gasteiger charge is -2.27. The number of rotatable bonds is 2. The molecule has 0 spiro atoms. The average molecular weight is 447 g/mol. The standard InChI is InChI=1S/C14H11FIN3O3S/c1-7-5-18-11(20)6-23-14(18)13(19(21)22)12(7)17-10-3-2-8(16)4-9(10)15/h2-4,7H,5-6H2,1H3. The molecule has 0 radical (unpaired) electrons. The van der Waals surface area contributed by atoms with Gasteiger partial charge in [0.2, 0.25) is 5.91 Å². The maximum atomic E-state index is 14.0. The summed E-state index contributed by atoms with van der Waals surface area (Å²) >= 11 is 3.11. The van der Waals surface area contributed by atoms with Crippen LogP contribution in [0, 0.1) is 25.4 Å². The van der Waals surface area contributed by atoms with E-state index in [2.05, 4.69) is 4.99 Å². The van der Waals surface area contributed by atoms with Gasteiger partial charge in [0.15, 0.2) is 5.03 Å². The van der Waals surface area contributed by atoms with Gasteiger partial charge in [-0.25, -0.2) is 9.38 Å². The number of halogens is 2. The summed E-state index contributed by atoms with van der Waals surface area (Å²) in [7, 11) is 0. The molecule has 1 atom stereocenters. The average Bonchev–Trinajstić information content (AvgIpc) is 2.83. The van der Waals surface area contributed by atoms with Gasteiger partial charge in [-0.3, -0.25) is 19.8 Å². The second-order valence-corrected chi connectivity index (χ2v) is 7.41. The Labute approximate surface area is 149 Å². The Balaban J connectivity index is 2.14. The first-order valence-corrected chi connectivity index (χ1v) is 8.80. The van der Waals surface area contributed by atoms with Crippen molar-refractivity contribution >= 4 is 51.7 Å². The zero-order valence-electron chi connectivity index (χ0n) is 12.0. The molecular formula is C14H11FIN3O3S. The minimum atomic E-state index is -0.535. The first-order chi connectivity index (χ1) is 10.9. The van der Waals surface area contributed by atoms with Gasteiger partial charge in [-0.2, -0.15) is 0 Å². The second-order valence-electron chi connectivity index (χ2n) is 5.20. The number of allylic oxidation sites excluding steroid dienone is 1. The van der Waals surface area contributed by atoms with Crippen molar-refractivity contribution in [2.75, 3.05) is 12.3 Å². The van der Waals surface area contributed by atoms with Gasteiger partial charge in [-0.15, -0.1) is 0 Å². The maximum absolute atomic E-state index is 14.0. The van der Waals surface area contributed by atoms with Gasteiger partial charge in [0.1, 0.15) is 11.5 Å². The number of fused-ring (bicyclic) bond motifs is 1. The Morgan fingerprint density at radius 3 is 2.91 bits per heavy atom. The predicted octanol–water partition coefficient (Wildman–Crippen LogP) is 3.17. The van der Waals surface area contributed by atoms with E-state index in [1.807, 2.05) is 22.6 Å². The van der Waals surface area contributed by atoms with Crippen LogP contribution in [0.25, 0.3) is 0 Å². The van der Waals surface area contributed by atoms with Crippen molar-refractivity contribution in [2.24, 2.45) is 10.9 Å². The van der Waals surface area contributed by atoms with Crippen molar-refractivity contribution in [1.82, 2.24) is 4.90 Å². The van der Waals surface area contributed by atoms with Gasteiger partial charge in [-0.05, 0) is 40.8 Å². The summed E-state index contributed by atoms with van der Waals surface area (Å²) in [4.78, 5) is 28.4. The molecule has 2 aliphatic rings. The molecule has 23 heavy (non-hydrogen) atoms. The number of hydrogen-bond donors (Lipinski definition) is 0. The largest absolute Gasteiger partial charge is 0.321 e. The number of amides is 1. The number of hydrogen-bond acceptors (Lipinski definition) is 5. The summed E-state index contributed by atoms with van der Waals surface area (Å²) in [5.41, 5.74) is 0.0797. The summed E-state index contributed by atoms with van der Waals surface area (Å²) in [6.07, 6.45) is 0. The lowest BCUT2D eigenvalue weighted by Crippen LogP contribution is -2.40. The summed E-state index contributed by atoms with van der Waals surface area (Å²) in [6, 6.07) is 4.51. The minimum absolute atomic E-state index is 0.0648. The molecule has 1 saturated heterocycles. The van der Waals surface area contributed by atoms with Gasteiger partial charge in [0.25, 0.3) is 0 Å². The molecule has 1 fully saturated rings. The monoisotopic (exact) mass is 447 g/mol. The maximum Gasteiger partial charge on any atom is 0.321 e. The van der Waals surface area contributed by atoms with Crippen LogP contribution in [0.4, 0.5) is 10.1 Å². The van der Waals surface area contributed by atoms with Crippen LogP contribution in [0.1, 0.15) is 6.92 Å². The van der Waals surface area contributed by atoms with Crippen LogP contribution in [0.5, 0.6) is 0 Å². The van der Waals surface area contributed by atoms with Crippen molar-refractivity contribution in [3.05, 3.63) is 48.4 Å². The van der Waals surface area contributed by atoms with E-state index in [1.165, 1.54) is 17.0 Å². The van der Waals surface area contributed by atoms with Crippen LogP contribution in [0.2, 0.25) is 0 Å². The molecule has 0 aromatic heterocycles. The summed E-state index contributed by atoms with van der Waals surface area (Å²) in [5, 5.41) is 11.8. The van der Waals surface area contributed by atoms with Crippen LogP contribution in [-0.4, -0.2) is 33.7 Å². The quantitative estimate of drug-likeness (QED) is 0.397. The minimum Gasteiger partial charge on any atom is -0.300 e. The number of carbonyl (C=O) groups is 1. The number of carbonyl (C=O) groups excluding carboxylic acids is 1. The third-order valence-corrected chi connectivity index (χ3v) is 5.33. The molecule has 120 valence electrons. The Kier molecular flexibility index (Phi) is 4.41. The second kappa shape index (κ2) is 6.19. The molecule has 1 amide bonds. The zero-order chi connectivity index (χ0) is 16.7. The molecule has 0 bridgehead atoms. The van der Waals surface area contributed by atoms with E-state index in [-0.39, 0.29) is 34.7 Å². The summed E-state index contributed by atoms with van der Waals surface area (Å²) < 4.78 is 14.7. The highest BCUT2D eigenvalue weighted by atomic mass is 127. The van der Waals surface area contributed by atoms with Crippen molar-refractivity contribution < 1.29 is 14.1 Å². The van der Waals surface area contributed by atoms with E-state index in [0.717, 1.165) is 15.3 Å². The molecule has 2 aliphatic heterocycles. The molecule has 0 saturated carbocycles. The number of nitro groups is 1. The highest BCUT2D eigenvalue weighted by molar-refractivity contribution is 14.1. The number of aliphatic imine (C=N–C) groups is 1. The van der Waals surface area contributed by atoms with E-state index in [4.69, 9.17) is 0 Å². The van der Waals surface area contributed by atoms with E-state index in [1.54, 1.807) is 13.0 Å². The van der Waals surface area contributed by atoms with Gasteiger partial charge in [0, 0.05) is 16.0 Å². The first-order valence-electron chi connectivity index (χ1n) is 6.74. The number of thioether (sulfide) groups is 1. The molecule has 3 rings (SSSR count). The van der Waals surface area contributed by atoms with Crippen molar-refractivity contribution in [2.45, 2.75) is 6.92 Å². The van der Waals surface area contributed by atoms with Gasteiger partial charge >= 0.3 is 5.70 Å². The highest BCUT2D eigenvalue weighted by Crippen LogP contribution is 2.38. The first kappa shape index (κ1) is 16.4. The van der Waals surface area contributed by atoms with Gasteiger partial charge in [-0.1, -0.05) is 18.7 Å². The Hall–Kier alpha value is -1.49. The van der Waals surface area contributed by atoms with Crippen LogP contribution >= 0.6 is 34.4 Å². The molecule has 1 aromatic carbocycles. The van der Waals surface area contributed by atoms with Gasteiger partial charge in [0.05, 0.1) is 16.4 Å². The van der Waals surface area contributed by atoms with E-state index >= 15 is 0 Å². The third-order valence-electron chi connectivity index (χ3n) is 3.58. The lowest BCUT2D eigenvalue weighted by atomic mass is 9.98. The van der Waals surface area contributed by atoms with Crippen LogP contribution in [0.15, 0.2) is 33.9 Å². The normalized spacial score (nSPS) is 22.7. The third kappa shape index (κ3) is 2.99. The highest BCUT2D eigenvalue weighted by Gasteiger charge is 2.44. The number of benzene rings is 1. The molecular weight excluding hydrogens is 436 g/mol. The molecule has 0 aliphatic carbocycles. The molecule has 6 nitrogen and oxygen atoms in total. The Morgan fingerprint density at radius 1 is 1.52 bits per heavy atom. The zero-order valence-corrected chi connectivity index (χ0v) is 14.9. The van der Waals surface area contributed by atoms with Crippen molar-refractivity contribution in [3.63, 3.8) is 0 Å². The van der Waals surface area contributed by atoms with E-state index < -0.39 is 10.7 Å². The molecule has 9 heteroatoms. The Morgan fingerprint density at radius 2 is 2.26 bits per heavy atom. The summed E-state index contributed by atoms with van der Waals surface area (Å²) in [6.45, 7) is 2.07. The Bertz CT molecular complexity index is 781. The van der Waals surface area contributed by atoms with E-state index in [9.17, 15) is 19.3 Å².